The van der Waals surface area contributed by atoms with Gasteiger partial charge >= 0.3 is 0 Å². The maximum absolute atomic E-state index is 12.2. The van der Waals surface area contributed by atoms with Crippen LogP contribution in [0.15, 0.2) is 34.5 Å². The molecule has 1 unspecified atom stereocenters. The van der Waals surface area contributed by atoms with Crippen LogP contribution < -0.4 is 10.9 Å². The van der Waals surface area contributed by atoms with E-state index in [1.165, 1.54) is 18.5 Å². The Labute approximate surface area is 143 Å². The number of H-pyrrole nitrogens is 2. The fourth-order valence-electron chi connectivity index (χ4n) is 1.95. The molecule has 0 radical (unpaired) electrons. The van der Waals surface area contributed by atoms with Gasteiger partial charge in [-0.15, -0.1) is 10.5 Å². The third kappa shape index (κ3) is 3.45. The maximum Gasteiger partial charge on any atom is 0.268 e. The number of aromatic nitrogens is 6. The molecule has 0 fully saturated rings. The molecule has 0 saturated carbocycles. The summed E-state index contributed by atoms with van der Waals surface area (Å²) in [6.45, 7) is 0. The van der Waals surface area contributed by atoms with Gasteiger partial charge in [-0.05, 0) is 18.4 Å². The number of carbonyl (C=O) groups is 1. The van der Waals surface area contributed by atoms with Crippen LogP contribution >= 0.6 is 10.5 Å². The van der Waals surface area contributed by atoms with E-state index >= 15 is 0 Å². The van der Waals surface area contributed by atoms with E-state index in [4.69, 9.17) is 0 Å². The van der Waals surface area contributed by atoms with Crippen LogP contribution in [0.5, 0.6) is 5.88 Å². The van der Waals surface area contributed by atoms with Crippen LogP contribution in [0.4, 0.5) is 5.82 Å². The van der Waals surface area contributed by atoms with Crippen molar-refractivity contribution >= 4 is 28.1 Å². The van der Waals surface area contributed by atoms with Gasteiger partial charge in [0.1, 0.15) is 11.5 Å². The number of amides is 1. The zero-order valence-electron chi connectivity index (χ0n) is 13.0. The highest BCUT2D eigenvalue weighted by atomic mass is 32.2. The predicted molar refractivity (Wildman–Crippen MR) is 93.0 cm³/mol. The number of aromatic hydroxyl groups is 1. The van der Waals surface area contributed by atoms with Gasteiger partial charge in [-0.1, -0.05) is 5.87 Å². The maximum atomic E-state index is 12.2. The lowest BCUT2D eigenvalue weighted by molar-refractivity contribution is 0.102. The van der Waals surface area contributed by atoms with E-state index in [0.717, 1.165) is 0 Å². The number of hydrogen-bond donors (Lipinski definition) is 4. The number of aromatic amines is 2. The average Bonchev–Trinajstić information content (AvgIpc) is 3.09. The lowest BCUT2D eigenvalue weighted by atomic mass is 10.2. The van der Waals surface area contributed by atoms with Crippen LogP contribution in [0.3, 0.4) is 0 Å². The minimum absolute atomic E-state index is 0.201. The van der Waals surface area contributed by atoms with Gasteiger partial charge in [-0.3, -0.25) is 9.59 Å². The van der Waals surface area contributed by atoms with Crippen LogP contribution in [0.2, 0.25) is 0 Å². The van der Waals surface area contributed by atoms with Gasteiger partial charge in [0.2, 0.25) is 5.88 Å². The Morgan fingerprint density at radius 3 is 2.72 bits per heavy atom. The molecule has 3 aromatic rings. The number of carbonyl (C=O) groups excluding carboxylic acids is 1. The quantitative estimate of drug-likeness (QED) is 0.393. The van der Waals surface area contributed by atoms with Gasteiger partial charge in [0.25, 0.3) is 11.5 Å². The van der Waals surface area contributed by atoms with Crippen molar-refractivity contribution in [2.45, 2.75) is 5.16 Å². The molecular formula is C14H13N7O3S. The topological polar surface area (TPSA) is 150 Å². The molecule has 0 spiro atoms. The summed E-state index contributed by atoms with van der Waals surface area (Å²) in [4.78, 5) is 34.6. The normalized spacial score (nSPS) is 11.9. The molecule has 128 valence electrons. The van der Waals surface area contributed by atoms with Gasteiger partial charge in [0.05, 0.1) is 6.20 Å². The van der Waals surface area contributed by atoms with Crippen molar-refractivity contribution in [2.75, 3.05) is 11.6 Å². The lowest BCUT2D eigenvalue weighted by Crippen LogP contribution is -2.25. The van der Waals surface area contributed by atoms with E-state index in [9.17, 15) is 14.7 Å². The van der Waals surface area contributed by atoms with Crippen molar-refractivity contribution in [3.05, 3.63) is 40.4 Å². The Bertz CT molecular complexity index is 996. The minimum atomic E-state index is -0.820. The third-order valence-electron chi connectivity index (χ3n) is 3.15. The van der Waals surface area contributed by atoms with Crippen molar-refractivity contribution in [3.63, 3.8) is 0 Å². The summed E-state index contributed by atoms with van der Waals surface area (Å²) >= 11 is 0. The van der Waals surface area contributed by atoms with E-state index in [0.29, 0.717) is 11.3 Å². The summed E-state index contributed by atoms with van der Waals surface area (Å²) in [7, 11) is -0.611. The highest BCUT2D eigenvalue weighted by molar-refractivity contribution is 8.13. The summed E-state index contributed by atoms with van der Waals surface area (Å²) in [5.74, 6) is 2.45. The number of nitrogens with zero attached hydrogens (tertiary/aromatic N) is 4. The average molecular weight is 359 g/mol. The Morgan fingerprint density at radius 2 is 2.16 bits per heavy atom. The summed E-state index contributed by atoms with van der Waals surface area (Å²) in [5, 5.41) is 22.6. The van der Waals surface area contributed by atoms with Crippen LogP contribution in [-0.4, -0.2) is 53.5 Å². The molecule has 0 aliphatic rings. The molecule has 0 aliphatic carbocycles. The molecule has 1 atom stereocenters. The second kappa shape index (κ2) is 6.65. The fourth-order valence-corrected chi connectivity index (χ4v) is 2.46. The SMILES string of the molecule is C=S(C)c1nc(O)c(C(=O)Nc2ccc(-c3cn[nH]n3)cn2)c(=O)[nH]1. The second-order valence-electron chi connectivity index (χ2n) is 4.95. The summed E-state index contributed by atoms with van der Waals surface area (Å²) in [5.41, 5.74) is 0.0602. The molecule has 25 heavy (non-hydrogen) atoms. The van der Waals surface area contributed by atoms with Gasteiger partial charge in [-0.2, -0.15) is 20.4 Å². The van der Waals surface area contributed by atoms with E-state index in [2.05, 4.69) is 41.5 Å². The standard InChI is InChI=1S/C14H13N7O3S/c1-25(2)14-18-12(23)10(13(24)19-14)11(22)17-9-4-3-7(5-15-9)8-6-16-21-20-8/h3-6H,1H2,2H3,(H,15,17,22)(H,16,20,21)(H2,18,19,23,24). The highest BCUT2D eigenvalue weighted by Crippen LogP contribution is 2.19. The molecule has 3 aromatic heterocycles. The summed E-state index contributed by atoms with van der Waals surface area (Å²) < 4.78 is 0. The van der Waals surface area contributed by atoms with Crippen molar-refractivity contribution in [1.29, 1.82) is 0 Å². The van der Waals surface area contributed by atoms with E-state index < -0.39 is 33.4 Å². The van der Waals surface area contributed by atoms with Crippen molar-refractivity contribution in [1.82, 2.24) is 30.4 Å². The molecule has 4 N–H and O–H groups in total. The van der Waals surface area contributed by atoms with Crippen LogP contribution in [0.25, 0.3) is 11.3 Å². The highest BCUT2D eigenvalue weighted by Gasteiger charge is 2.19. The molecule has 3 rings (SSSR count). The molecule has 0 saturated heterocycles. The number of anilines is 1. The Kier molecular flexibility index (Phi) is 4.39. The largest absolute Gasteiger partial charge is 0.493 e. The Hall–Kier alpha value is -3.34. The molecule has 0 aromatic carbocycles. The van der Waals surface area contributed by atoms with Crippen LogP contribution in [0, 0.1) is 0 Å². The van der Waals surface area contributed by atoms with Crippen molar-refractivity contribution in [2.24, 2.45) is 0 Å². The zero-order valence-corrected chi connectivity index (χ0v) is 13.8. The molecule has 11 heteroatoms. The first kappa shape index (κ1) is 16.5. The first-order valence-corrected chi connectivity index (χ1v) is 8.68. The monoisotopic (exact) mass is 359 g/mol. The molecule has 3 heterocycles. The first-order chi connectivity index (χ1) is 12.0. The smallest absolute Gasteiger partial charge is 0.268 e. The van der Waals surface area contributed by atoms with Crippen molar-refractivity contribution in [3.8, 4) is 17.1 Å². The Morgan fingerprint density at radius 1 is 1.36 bits per heavy atom. The predicted octanol–water partition coefficient (Wildman–Crippen LogP) is 0.597. The van der Waals surface area contributed by atoms with E-state index in [1.54, 1.807) is 12.3 Å². The number of hydrogen-bond acceptors (Lipinski definition) is 7. The molecule has 1 amide bonds. The van der Waals surface area contributed by atoms with Gasteiger partial charge in [-0.25, -0.2) is 4.98 Å². The summed E-state index contributed by atoms with van der Waals surface area (Å²) in [6, 6.07) is 3.21. The lowest BCUT2D eigenvalue weighted by Gasteiger charge is -2.07. The van der Waals surface area contributed by atoms with Crippen LogP contribution in [-0.2, 0) is 0 Å². The van der Waals surface area contributed by atoms with Crippen LogP contribution in [0.1, 0.15) is 10.4 Å². The second-order valence-corrected chi connectivity index (χ2v) is 6.61. The fraction of sp³-hybridized carbons (Fsp3) is 0.0714. The minimum Gasteiger partial charge on any atom is -0.493 e. The molecule has 10 nitrogen and oxygen atoms in total. The number of nitrogens with one attached hydrogen (secondary N) is 3. The number of pyridine rings is 1. The molecular weight excluding hydrogens is 346 g/mol. The van der Waals surface area contributed by atoms with Gasteiger partial charge in [0, 0.05) is 11.8 Å². The van der Waals surface area contributed by atoms with Gasteiger partial charge < -0.3 is 15.4 Å². The van der Waals surface area contributed by atoms with Crippen molar-refractivity contribution < 1.29 is 9.90 Å². The van der Waals surface area contributed by atoms with E-state index in [-0.39, 0.29) is 11.0 Å². The number of rotatable bonds is 4. The summed E-state index contributed by atoms with van der Waals surface area (Å²) in [6.07, 6.45) is 4.74. The van der Waals surface area contributed by atoms with Gasteiger partial charge in [0.15, 0.2) is 10.7 Å². The Balaban J connectivity index is 1.83. The van der Waals surface area contributed by atoms with E-state index in [1.807, 2.05) is 0 Å². The first-order valence-electron chi connectivity index (χ1n) is 6.88. The zero-order chi connectivity index (χ0) is 18.0. The molecule has 0 bridgehead atoms. The third-order valence-corrected chi connectivity index (χ3v) is 4.01. The molecule has 0 aliphatic heterocycles.